The number of ether oxygens (including phenoxy) is 1. The molecule has 1 saturated carbocycles. The van der Waals surface area contributed by atoms with Crippen LogP contribution in [0.25, 0.3) is 0 Å². The van der Waals surface area contributed by atoms with Crippen LogP contribution in [-0.4, -0.2) is 57.5 Å². The number of amides is 4. The molecule has 0 aliphatic heterocycles. The second-order valence-electron chi connectivity index (χ2n) is 12.3. The zero-order valence-electron chi connectivity index (χ0n) is 24.9. The van der Waals surface area contributed by atoms with Gasteiger partial charge >= 0.3 is 6.09 Å². The first-order valence-corrected chi connectivity index (χ1v) is 14.4. The minimum absolute atomic E-state index is 0.00917. The van der Waals surface area contributed by atoms with Crippen molar-refractivity contribution in [3.8, 4) is 5.75 Å². The molecule has 1 aromatic rings. The Hall–Kier alpha value is -3.30. The summed E-state index contributed by atoms with van der Waals surface area (Å²) in [5, 5.41) is 15.6. The molecule has 3 unspecified atom stereocenters. The number of rotatable bonds is 12. The fraction of sp³-hybridized carbons (Fsp3) is 0.667. The zero-order chi connectivity index (χ0) is 30.0. The molecule has 1 fully saturated rings. The van der Waals surface area contributed by atoms with Crippen molar-refractivity contribution >= 4 is 23.8 Å². The Morgan fingerprint density at radius 1 is 1.02 bits per heavy atom. The summed E-state index contributed by atoms with van der Waals surface area (Å²) in [6.45, 7) is 11.1. The van der Waals surface area contributed by atoms with Gasteiger partial charge in [-0.25, -0.2) is 4.79 Å². The van der Waals surface area contributed by atoms with Gasteiger partial charge in [-0.15, -0.1) is 0 Å². The molecule has 1 aromatic carbocycles. The Balaban J connectivity index is 2.55. The molecule has 0 aromatic heterocycles. The van der Waals surface area contributed by atoms with E-state index in [4.69, 9.17) is 10.5 Å². The van der Waals surface area contributed by atoms with Gasteiger partial charge in [-0.2, -0.15) is 0 Å². The average molecular weight is 561 g/mol. The number of primary amides is 1. The molecule has 1 aliphatic rings. The van der Waals surface area contributed by atoms with E-state index >= 15 is 0 Å². The lowest BCUT2D eigenvalue weighted by atomic mass is 9.93. The number of nitrogens with one attached hydrogen (secondary N) is 2. The summed E-state index contributed by atoms with van der Waals surface area (Å²) in [7, 11) is 0. The van der Waals surface area contributed by atoms with Crippen LogP contribution in [0.1, 0.15) is 105 Å². The highest BCUT2D eigenvalue weighted by atomic mass is 16.6. The van der Waals surface area contributed by atoms with Crippen LogP contribution in [-0.2, 0) is 19.1 Å². The third-order valence-electron chi connectivity index (χ3n) is 6.97. The first-order chi connectivity index (χ1) is 18.7. The SMILES string of the molecule is CC(C)CCC(C)N(C(=O)C(CC(N)=O)NC(=O)OC(C)(C)C)C(C(=O)NC1CCCCC1)c1ccc(O)cc1. The van der Waals surface area contributed by atoms with Gasteiger partial charge in [-0.05, 0) is 77.0 Å². The number of phenolic OH excluding ortho intramolecular Hbond substituents is 1. The highest BCUT2D eigenvalue weighted by molar-refractivity contribution is 5.94. The highest BCUT2D eigenvalue weighted by Crippen LogP contribution is 2.30. The number of benzene rings is 1. The van der Waals surface area contributed by atoms with Gasteiger partial charge in [0.25, 0.3) is 0 Å². The van der Waals surface area contributed by atoms with E-state index in [1.54, 1.807) is 32.9 Å². The van der Waals surface area contributed by atoms with Crippen molar-refractivity contribution in [2.45, 2.75) is 123 Å². The van der Waals surface area contributed by atoms with Crippen LogP contribution in [0.2, 0.25) is 0 Å². The van der Waals surface area contributed by atoms with Gasteiger partial charge in [0.05, 0.1) is 6.42 Å². The molecule has 4 amide bonds. The molecule has 0 radical (unpaired) electrons. The molecule has 10 nitrogen and oxygen atoms in total. The molecule has 3 atom stereocenters. The molecular formula is C30H48N4O6. The number of phenols is 1. The van der Waals surface area contributed by atoms with E-state index in [-0.39, 0.29) is 17.7 Å². The summed E-state index contributed by atoms with van der Waals surface area (Å²) in [5.74, 6) is -1.37. The largest absolute Gasteiger partial charge is 0.508 e. The normalized spacial score (nSPS) is 16.5. The smallest absolute Gasteiger partial charge is 0.408 e. The third kappa shape index (κ3) is 10.7. The number of aromatic hydroxyl groups is 1. The van der Waals surface area contributed by atoms with Crippen molar-refractivity contribution in [3.05, 3.63) is 29.8 Å². The lowest BCUT2D eigenvalue weighted by Crippen LogP contribution is -2.57. The maximum Gasteiger partial charge on any atom is 0.408 e. The molecule has 5 N–H and O–H groups in total. The lowest BCUT2D eigenvalue weighted by molar-refractivity contribution is -0.146. The summed E-state index contributed by atoms with van der Waals surface area (Å²) in [4.78, 5) is 54.4. The Bertz CT molecular complexity index is 998. The van der Waals surface area contributed by atoms with Gasteiger partial charge in [0.15, 0.2) is 0 Å². The number of carbonyl (C=O) groups excluding carboxylic acids is 4. The second-order valence-corrected chi connectivity index (χ2v) is 12.3. The molecule has 10 heteroatoms. The summed E-state index contributed by atoms with van der Waals surface area (Å²) < 4.78 is 5.35. The van der Waals surface area contributed by atoms with Crippen molar-refractivity contribution in [3.63, 3.8) is 0 Å². The van der Waals surface area contributed by atoms with E-state index in [0.717, 1.165) is 38.5 Å². The van der Waals surface area contributed by atoms with Crippen molar-refractivity contribution in [1.82, 2.24) is 15.5 Å². The predicted octanol–water partition coefficient (Wildman–Crippen LogP) is 4.30. The first kappa shape index (κ1) is 32.9. The minimum atomic E-state index is -1.34. The molecule has 0 saturated heterocycles. The summed E-state index contributed by atoms with van der Waals surface area (Å²) >= 11 is 0. The van der Waals surface area contributed by atoms with Crippen LogP contribution in [0.5, 0.6) is 5.75 Å². The fourth-order valence-electron chi connectivity index (χ4n) is 4.97. The van der Waals surface area contributed by atoms with Crippen LogP contribution in [0.3, 0.4) is 0 Å². The predicted molar refractivity (Wildman–Crippen MR) is 153 cm³/mol. The van der Waals surface area contributed by atoms with Crippen molar-refractivity contribution in [2.24, 2.45) is 11.7 Å². The van der Waals surface area contributed by atoms with Gasteiger partial charge in [0.2, 0.25) is 17.7 Å². The Morgan fingerprint density at radius 3 is 2.15 bits per heavy atom. The Kier molecular flexibility index (Phi) is 12.3. The summed E-state index contributed by atoms with van der Waals surface area (Å²) in [6.07, 6.45) is 4.92. The van der Waals surface area contributed by atoms with E-state index in [2.05, 4.69) is 24.5 Å². The quantitative estimate of drug-likeness (QED) is 0.299. The standard InChI is InChI=1S/C30H48N4O6/c1-19(2)12-13-20(3)34(28(38)24(18-25(31)36)33-29(39)40-30(4,5)6)26(21-14-16-23(35)17-15-21)27(37)32-22-10-8-7-9-11-22/h14-17,19-20,22,24,26,35H,7-13,18H2,1-6H3,(H2,31,36)(H,32,37)(H,33,39). The number of nitrogens with two attached hydrogens (primary N) is 1. The molecule has 40 heavy (non-hydrogen) atoms. The molecule has 2 rings (SSSR count). The highest BCUT2D eigenvalue weighted by Gasteiger charge is 2.40. The van der Waals surface area contributed by atoms with Gasteiger partial charge < -0.3 is 31.1 Å². The fourth-order valence-corrected chi connectivity index (χ4v) is 4.97. The van der Waals surface area contributed by atoms with Crippen LogP contribution in [0.15, 0.2) is 24.3 Å². The monoisotopic (exact) mass is 560 g/mol. The minimum Gasteiger partial charge on any atom is -0.508 e. The maximum absolute atomic E-state index is 14.3. The first-order valence-electron chi connectivity index (χ1n) is 14.4. The maximum atomic E-state index is 14.3. The molecule has 0 spiro atoms. The lowest BCUT2D eigenvalue weighted by Gasteiger charge is -2.39. The average Bonchev–Trinajstić information content (AvgIpc) is 2.85. The van der Waals surface area contributed by atoms with E-state index in [1.807, 2.05) is 6.92 Å². The Morgan fingerprint density at radius 2 is 1.62 bits per heavy atom. The van der Waals surface area contributed by atoms with Crippen molar-refractivity contribution in [2.75, 3.05) is 0 Å². The second kappa shape index (κ2) is 14.9. The van der Waals surface area contributed by atoms with E-state index in [0.29, 0.717) is 17.9 Å². The number of nitrogens with zero attached hydrogens (tertiary/aromatic N) is 1. The van der Waals surface area contributed by atoms with Gasteiger partial charge in [0, 0.05) is 12.1 Å². The van der Waals surface area contributed by atoms with Crippen molar-refractivity contribution < 1.29 is 29.0 Å². The van der Waals surface area contributed by atoms with E-state index < -0.39 is 48.1 Å². The topological polar surface area (TPSA) is 151 Å². The van der Waals surface area contributed by atoms with Gasteiger partial charge in [-0.3, -0.25) is 14.4 Å². The van der Waals surface area contributed by atoms with E-state index in [1.165, 1.54) is 17.0 Å². The number of hydrogen-bond donors (Lipinski definition) is 4. The molecular weight excluding hydrogens is 512 g/mol. The number of hydrogen-bond acceptors (Lipinski definition) is 6. The molecule has 1 aliphatic carbocycles. The van der Waals surface area contributed by atoms with E-state index in [9.17, 15) is 24.3 Å². The molecule has 224 valence electrons. The number of carbonyl (C=O) groups is 4. The van der Waals surface area contributed by atoms with Crippen LogP contribution >= 0.6 is 0 Å². The van der Waals surface area contributed by atoms with Crippen LogP contribution < -0.4 is 16.4 Å². The van der Waals surface area contributed by atoms with Gasteiger partial charge in [-0.1, -0.05) is 45.2 Å². The van der Waals surface area contributed by atoms with Gasteiger partial charge in [0.1, 0.15) is 23.4 Å². The zero-order valence-corrected chi connectivity index (χ0v) is 24.9. The number of alkyl carbamates (subject to hydrolysis) is 1. The Labute approximate surface area is 238 Å². The summed E-state index contributed by atoms with van der Waals surface area (Å²) in [5.41, 5.74) is 5.16. The molecule has 0 bridgehead atoms. The van der Waals surface area contributed by atoms with Crippen molar-refractivity contribution in [1.29, 1.82) is 0 Å². The van der Waals surface area contributed by atoms with Crippen LogP contribution in [0, 0.1) is 5.92 Å². The molecule has 0 heterocycles. The summed E-state index contributed by atoms with van der Waals surface area (Å²) in [6, 6.07) is 3.32. The third-order valence-corrected chi connectivity index (χ3v) is 6.97. The van der Waals surface area contributed by atoms with Crippen LogP contribution in [0.4, 0.5) is 4.79 Å².